The van der Waals surface area contributed by atoms with E-state index in [4.69, 9.17) is 23.7 Å². The number of amides is 2. The van der Waals surface area contributed by atoms with Gasteiger partial charge in [0.05, 0.1) is 7.11 Å². The zero-order chi connectivity index (χ0) is 23.5. The summed E-state index contributed by atoms with van der Waals surface area (Å²) in [5, 5.41) is 0. The summed E-state index contributed by atoms with van der Waals surface area (Å²) < 4.78 is 28.1. The summed E-state index contributed by atoms with van der Waals surface area (Å²) in [7, 11) is 1.57. The van der Waals surface area contributed by atoms with Crippen molar-refractivity contribution in [1.29, 1.82) is 0 Å². The van der Waals surface area contributed by atoms with E-state index in [0.29, 0.717) is 68.1 Å². The van der Waals surface area contributed by atoms with Gasteiger partial charge < -0.3 is 33.5 Å². The number of carbonyl (C=O) groups is 2. The highest BCUT2D eigenvalue weighted by Crippen LogP contribution is 2.40. The van der Waals surface area contributed by atoms with Crippen LogP contribution in [0, 0.1) is 0 Å². The first-order valence-electron chi connectivity index (χ1n) is 11.2. The van der Waals surface area contributed by atoms with Gasteiger partial charge in [-0.3, -0.25) is 9.59 Å². The number of benzene rings is 2. The lowest BCUT2D eigenvalue weighted by atomic mass is 10.1. The molecule has 0 aliphatic carbocycles. The van der Waals surface area contributed by atoms with Gasteiger partial charge in [-0.1, -0.05) is 12.1 Å². The zero-order valence-corrected chi connectivity index (χ0v) is 18.9. The van der Waals surface area contributed by atoms with E-state index in [1.54, 1.807) is 35.1 Å². The van der Waals surface area contributed by atoms with E-state index in [1.807, 2.05) is 24.3 Å². The molecule has 3 aliphatic rings. The zero-order valence-electron chi connectivity index (χ0n) is 18.9. The number of hydrogen-bond acceptors (Lipinski definition) is 7. The molecule has 0 bridgehead atoms. The molecular weight excluding hydrogens is 440 g/mol. The average Bonchev–Trinajstić information content (AvgIpc) is 2.90. The number of fused-ring (bicyclic) bond motifs is 2. The van der Waals surface area contributed by atoms with Crippen molar-refractivity contribution < 1.29 is 33.3 Å². The average molecular weight is 466 g/mol. The van der Waals surface area contributed by atoms with Crippen molar-refractivity contribution in [2.24, 2.45) is 0 Å². The lowest BCUT2D eigenvalue weighted by Gasteiger charge is -2.36. The van der Waals surface area contributed by atoms with Gasteiger partial charge in [0.1, 0.15) is 19.8 Å². The lowest BCUT2D eigenvalue weighted by molar-refractivity contribution is -0.145. The molecule has 2 aromatic carbocycles. The van der Waals surface area contributed by atoms with Crippen LogP contribution in [0.2, 0.25) is 0 Å². The van der Waals surface area contributed by atoms with Crippen LogP contribution in [0.5, 0.6) is 28.7 Å². The molecule has 0 radical (unpaired) electrons. The second kappa shape index (κ2) is 9.54. The SMILES string of the molecule is COc1cc(C=CC(=O)N2CCN(C(=O)C3COc4ccccc4O3)CC2)cc2c1OCCO2. The minimum Gasteiger partial charge on any atom is -0.493 e. The van der Waals surface area contributed by atoms with Crippen LogP contribution >= 0.6 is 0 Å². The van der Waals surface area contributed by atoms with Crippen molar-refractivity contribution in [2.75, 3.05) is 53.1 Å². The Labute approximate surface area is 197 Å². The quantitative estimate of drug-likeness (QED) is 0.637. The third kappa shape index (κ3) is 4.46. The predicted octanol–water partition coefficient (Wildman–Crippen LogP) is 1.99. The number of ether oxygens (including phenoxy) is 5. The van der Waals surface area contributed by atoms with E-state index in [1.165, 1.54) is 6.08 Å². The first-order chi connectivity index (χ1) is 16.6. The summed E-state index contributed by atoms with van der Waals surface area (Å²) in [5.41, 5.74) is 0.776. The third-order valence-corrected chi connectivity index (χ3v) is 5.96. The van der Waals surface area contributed by atoms with Crippen LogP contribution in [0.3, 0.4) is 0 Å². The van der Waals surface area contributed by atoms with Crippen LogP contribution in [0.4, 0.5) is 0 Å². The molecule has 0 N–H and O–H groups in total. The summed E-state index contributed by atoms with van der Waals surface area (Å²) in [6.07, 6.45) is 2.57. The number of carbonyl (C=O) groups excluding carboxylic acids is 2. The van der Waals surface area contributed by atoms with E-state index in [9.17, 15) is 9.59 Å². The molecule has 1 fully saturated rings. The van der Waals surface area contributed by atoms with Gasteiger partial charge >= 0.3 is 0 Å². The Morgan fingerprint density at radius 3 is 2.47 bits per heavy atom. The second-order valence-electron chi connectivity index (χ2n) is 8.10. The monoisotopic (exact) mass is 466 g/mol. The molecule has 1 saturated heterocycles. The number of rotatable bonds is 4. The molecule has 2 aromatic rings. The van der Waals surface area contributed by atoms with Gasteiger partial charge in [0.25, 0.3) is 5.91 Å². The van der Waals surface area contributed by atoms with Crippen molar-refractivity contribution in [3.63, 3.8) is 0 Å². The molecule has 9 nitrogen and oxygen atoms in total. The molecule has 0 spiro atoms. The second-order valence-corrected chi connectivity index (χ2v) is 8.10. The molecule has 5 rings (SSSR count). The largest absolute Gasteiger partial charge is 0.493 e. The van der Waals surface area contributed by atoms with Crippen LogP contribution in [-0.2, 0) is 9.59 Å². The first-order valence-corrected chi connectivity index (χ1v) is 11.2. The van der Waals surface area contributed by atoms with Gasteiger partial charge in [0.2, 0.25) is 17.8 Å². The topological polar surface area (TPSA) is 86.8 Å². The van der Waals surface area contributed by atoms with Crippen LogP contribution < -0.4 is 23.7 Å². The fourth-order valence-corrected chi connectivity index (χ4v) is 4.15. The Balaban J connectivity index is 1.16. The maximum absolute atomic E-state index is 12.9. The van der Waals surface area contributed by atoms with Gasteiger partial charge in [-0.25, -0.2) is 0 Å². The normalized spacial score (nSPS) is 19.1. The van der Waals surface area contributed by atoms with E-state index in [-0.39, 0.29) is 18.4 Å². The number of methoxy groups -OCH3 is 1. The molecule has 0 saturated carbocycles. The molecule has 2 amide bonds. The molecule has 3 aliphatic heterocycles. The smallest absolute Gasteiger partial charge is 0.267 e. The third-order valence-electron chi connectivity index (χ3n) is 5.96. The summed E-state index contributed by atoms with van der Waals surface area (Å²) in [6, 6.07) is 10.9. The number of piperazine rings is 1. The molecular formula is C25H26N2O7. The predicted molar refractivity (Wildman–Crippen MR) is 123 cm³/mol. The maximum Gasteiger partial charge on any atom is 0.267 e. The molecule has 3 heterocycles. The van der Waals surface area contributed by atoms with E-state index in [0.717, 1.165) is 5.56 Å². The molecule has 1 unspecified atom stereocenters. The minimum absolute atomic E-state index is 0.118. The van der Waals surface area contributed by atoms with Crippen molar-refractivity contribution in [3.05, 3.63) is 48.0 Å². The highest BCUT2D eigenvalue weighted by atomic mass is 16.6. The Hall–Kier alpha value is -3.88. The van der Waals surface area contributed by atoms with Gasteiger partial charge in [-0.05, 0) is 35.9 Å². The highest BCUT2D eigenvalue weighted by molar-refractivity contribution is 5.92. The fourth-order valence-electron chi connectivity index (χ4n) is 4.15. The van der Waals surface area contributed by atoms with E-state index >= 15 is 0 Å². The summed E-state index contributed by atoms with van der Waals surface area (Å²) >= 11 is 0. The van der Waals surface area contributed by atoms with Crippen molar-refractivity contribution in [1.82, 2.24) is 9.80 Å². The Kier molecular flexibility index (Phi) is 6.16. The van der Waals surface area contributed by atoms with Crippen LogP contribution in [-0.4, -0.2) is 80.8 Å². The molecule has 178 valence electrons. The molecule has 34 heavy (non-hydrogen) atoms. The van der Waals surface area contributed by atoms with Gasteiger partial charge in [0, 0.05) is 32.3 Å². The summed E-state index contributed by atoms with van der Waals surface area (Å²) in [6.45, 7) is 2.90. The van der Waals surface area contributed by atoms with Crippen LogP contribution in [0.15, 0.2) is 42.5 Å². The number of para-hydroxylation sites is 2. The first kappa shape index (κ1) is 21.9. The van der Waals surface area contributed by atoms with Crippen LogP contribution in [0.25, 0.3) is 6.08 Å². The fraction of sp³-hybridized carbons (Fsp3) is 0.360. The molecule has 9 heteroatoms. The van der Waals surface area contributed by atoms with Gasteiger partial charge in [-0.15, -0.1) is 0 Å². The van der Waals surface area contributed by atoms with E-state index in [2.05, 4.69) is 0 Å². The Bertz CT molecular complexity index is 1090. The van der Waals surface area contributed by atoms with Crippen molar-refractivity contribution in [2.45, 2.75) is 6.10 Å². The molecule has 1 atom stereocenters. The minimum atomic E-state index is -0.678. The summed E-state index contributed by atoms with van der Waals surface area (Å²) in [4.78, 5) is 29.1. The van der Waals surface area contributed by atoms with Gasteiger partial charge in [-0.2, -0.15) is 0 Å². The Morgan fingerprint density at radius 1 is 0.941 bits per heavy atom. The lowest BCUT2D eigenvalue weighted by Crippen LogP contribution is -2.54. The Morgan fingerprint density at radius 2 is 1.68 bits per heavy atom. The van der Waals surface area contributed by atoms with Crippen molar-refractivity contribution >= 4 is 17.9 Å². The standard InChI is InChI=1S/C25H26N2O7/c1-30-20-14-17(15-21-24(20)32-13-12-31-21)6-7-23(28)26-8-10-27(11-9-26)25(29)22-16-33-18-4-2-3-5-19(18)34-22/h2-7,14-15,22H,8-13,16H2,1H3. The van der Waals surface area contributed by atoms with Crippen LogP contribution in [0.1, 0.15) is 5.56 Å². The number of hydrogen-bond donors (Lipinski definition) is 0. The summed E-state index contributed by atoms with van der Waals surface area (Å²) in [5.74, 6) is 2.71. The van der Waals surface area contributed by atoms with E-state index < -0.39 is 6.10 Å². The number of nitrogens with zero attached hydrogens (tertiary/aromatic N) is 2. The highest BCUT2D eigenvalue weighted by Gasteiger charge is 2.33. The maximum atomic E-state index is 12.9. The van der Waals surface area contributed by atoms with Gasteiger partial charge in [0.15, 0.2) is 23.0 Å². The van der Waals surface area contributed by atoms with Crippen molar-refractivity contribution in [3.8, 4) is 28.7 Å². The molecule has 0 aromatic heterocycles.